The number of esters is 1. The van der Waals surface area contributed by atoms with Crippen molar-refractivity contribution in [1.29, 1.82) is 0 Å². The van der Waals surface area contributed by atoms with Gasteiger partial charge in [-0.3, -0.25) is 9.59 Å². The summed E-state index contributed by atoms with van der Waals surface area (Å²) in [5.74, 6) is -0.814. The van der Waals surface area contributed by atoms with Crippen molar-refractivity contribution >= 4 is 29.4 Å². The van der Waals surface area contributed by atoms with Gasteiger partial charge in [0.1, 0.15) is 0 Å². The van der Waals surface area contributed by atoms with Gasteiger partial charge in [-0.1, -0.05) is 49.7 Å². The summed E-state index contributed by atoms with van der Waals surface area (Å²) in [6, 6.07) is 4.90. The zero-order valence-corrected chi connectivity index (χ0v) is 22.6. The summed E-state index contributed by atoms with van der Waals surface area (Å²) >= 11 is 6.22. The molecule has 7 nitrogen and oxygen atoms in total. The molecule has 1 unspecified atom stereocenters. The molecule has 1 aromatic carbocycles. The van der Waals surface area contributed by atoms with E-state index in [1.165, 1.54) is 0 Å². The Bertz CT molecular complexity index is 1090. The summed E-state index contributed by atoms with van der Waals surface area (Å²) in [7, 11) is 0. The third kappa shape index (κ3) is 6.01. The first-order chi connectivity index (χ1) is 16.8. The number of allylic oxidation sites excluding steroid dienone is 2. The summed E-state index contributed by atoms with van der Waals surface area (Å²) in [5, 5.41) is 15.0. The van der Waals surface area contributed by atoms with Crippen molar-refractivity contribution in [2.45, 2.75) is 71.4 Å². The topological polar surface area (TPSA) is 95.9 Å². The molecular formula is C28H37ClN2O5. The average molecular weight is 517 g/mol. The van der Waals surface area contributed by atoms with E-state index in [4.69, 9.17) is 16.3 Å². The van der Waals surface area contributed by atoms with E-state index in [0.29, 0.717) is 30.6 Å². The lowest BCUT2D eigenvalue weighted by molar-refractivity contribution is -0.154. The number of hydrogen-bond donors (Lipinski definition) is 2. The third-order valence-electron chi connectivity index (χ3n) is 7.04. The lowest BCUT2D eigenvalue weighted by atomic mass is 9.66. The van der Waals surface area contributed by atoms with E-state index in [-0.39, 0.29) is 35.4 Å². The Morgan fingerprint density at radius 2 is 1.94 bits per heavy atom. The molecule has 0 bridgehead atoms. The molecule has 1 atom stereocenters. The van der Waals surface area contributed by atoms with E-state index in [0.717, 1.165) is 12.8 Å². The van der Waals surface area contributed by atoms with Gasteiger partial charge < -0.3 is 20.1 Å². The van der Waals surface area contributed by atoms with Gasteiger partial charge in [0.05, 0.1) is 22.8 Å². The predicted molar refractivity (Wildman–Crippen MR) is 140 cm³/mol. The van der Waals surface area contributed by atoms with Gasteiger partial charge in [0.2, 0.25) is 5.91 Å². The molecule has 3 rings (SSSR count). The Labute approximate surface area is 218 Å². The van der Waals surface area contributed by atoms with Crippen LogP contribution < -0.4 is 5.32 Å². The van der Waals surface area contributed by atoms with E-state index in [1.807, 2.05) is 45.9 Å². The molecule has 1 fully saturated rings. The quantitative estimate of drug-likeness (QED) is 0.519. The minimum atomic E-state index is -1.28. The number of halogens is 1. The molecule has 1 heterocycles. The number of carbonyl (C=O) groups excluding carboxylic acids is 3. The van der Waals surface area contributed by atoms with Gasteiger partial charge in [-0.2, -0.15) is 0 Å². The number of rotatable bonds is 7. The Kier molecular flexibility index (Phi) is 8.36. The van der Waals surface area contributed by atoms with Gasteiger partial charge in [0, 0.05) is 36.0 Å². The van der Waals surface area contributed by atoms with E-state index in [9.17, 15) is 19.5 Å². The van der Waals surface area contributed by atoms with Crippen molar-refractivity contribution in [1.82, 2.24) is 10.2 Å². The highest BCUT2D eigenvalue weighted by Gasteiger charge is 2.50. The molecule has 0 saturated carbocycles. The molecule has 8 heteroatoms. The number of amides is 2. The molecule has 2 N–H and O–H groups in total. The van der Waals surface area contributed by atoms with Crippen molar-refractivity contribution < 1.29 is 24.2 Å². The van der Waals surface area contributed by atoms with Crippen LogP contribution in [-0.4, -0.2) is 53.0 Å². The highest BCUT2D eigenvalue weighted by atomic mass is 35.5. The van der Waals surface area contributed by atoms with Gasteiger partial charge >= 0.3 is 5.97 Å². The maximum Gasteiger partial charge on any atom is 0.339 e. The molecule has 0 aromatic heterocycles. The number of aliphatic hydroxyl groups is 1. The number of carbonyl (C=O) groups is 3. The van der Waals surface area contributed by atoms with E-state index in [2.05, 4.69) is 5.32 Å². The summed E-state index contributed by atoms with van der Waals surface area (Å²) in [5.41, 5.74) is -1.34. The monoisotopic (exact) mass is 516 g/mol. The van der Waals surface area contributed by atoms with Gasteiger partial charge in [0.15, 0.2) is 0 Å². The molecule has 1 saturated heterocycles. The van der Waals surface area contributed by atoms with Crippen LogP contribution in [0.5, 0.6) is 0 Å². The molecule has 1 aromatic rings. The maximum absolute atomic E-state index is 13.3. The zero-order valence-electron chi connectivity index (χ0n) is 21.8. The number of piperidine rings is 1. The molecule has 2 aliphatic rings. The lowest BCUT2D eigenvalue weighted by Gasteiger charge is -2.51. The minimum Gasteiger partial charge on any atom is -0.462 e. The maximum atomic E-state index is 13.3. The Hall–Kier alpha value is -2.64. The van der Waals surface area contributed by atoms with Crippen LogP contribution in [0.3, 0.4) is 0 Å². The lowest BCUT2D eigenvalue weighted by Crippen LogP contribution is -2.58. The molecule has 0 radical (unpaired) electrons. The Morgan fingerprint density at radius 3 is 2.56 bits per heavy atom. The summed E-state index contributed by atoms with van der Waals surface area (Å²) in [6.07, 6.45) is 7.88. The van der Waals surface area contributed by atoms with Gasteiger partial charge in [0.25, 0.3) is 5.91 Å². The first-order valence-corrected chi connectivity index (χ1v) is 12.8. The molecule has 36 heavy (non-hydrogen) atoms. The van der Waals surface area contributed by atoms with Crippen LogP contribution in [-0.2, 0) is 19.9 Å². The largest absolute Gasteiger partial charge is 0.462 e. The highest BCUT2D eigenvalue weighted by Crippen LogP contribution is 2.46. The van der Waals surface area contributed by atoms with E-state index >= 15 is 0 Å². The van der Waals surface area contributed by atoms with Crippen molar-refractivity contribution in [3.63, 3.8) is 0 Å². The van der Waals surface area contributed by atoms with Crippen molar-refractivity contribution in [2.75, 3.05) is 19.7 Å². The summed E-state index contributed by atoms with van der Waals surface area (Å²) in [4.78, 5) is 40.0. The summed E-state index contributed by atoms with van der Waals surface area (Å²) < 4.78 is 5.10. The minimum absolute atomic E-state index is 0.0908. The normalized spacial score (nSPS) is 21.5. The van der Waals surface area contributed by atoms with Crippen LogP contribution in [0, 0.1) is 5.41 Å². The predicted octanol–water partition coefficient (Wildman–Crippen LogP) is 4.52. The molecule has 2 amide bonds. The fraction of sp³-hybridized carbons (Fsp3) is 0.536. The van der Waals surface area contributed by atoms with Crippen molar-refractivity contribution in [3.8, 4) is 0 Å². The zero-order chi connectivity index (χ0) is 26.7. The molecule has 196 valence electrons. The first-order valence-electron chi connectivity index (χ1n) is 12.5. The second-order valence-corrected chi connectivity index (χ2v) is 11.3. The van der Waals surface area contributed by atoms with E-state index < -0.39 is 22.5 Å². The molecular weight excluding hydrogens is 480 g/mol. The van der Waals surface area contributed by atoms with Gasteiger partial charge in [-0.25, -0.2) is 4.79 Å². The standard InChI is InChI=1S/C28H37ClN2O5/c1-6-36-25(34)21-16-20(12-13-22(21)29)28(35)14-15-31(18-26(28,2)3)23(32)17-27(4,5)30-24(33)19-10-8-7-9-11-19/h8,10-13,16,35H,6-7,9,14-15,17-18H2,1-5H3,(H,30,33). The fourth-order valence-electron chi connectivity index (χ4n) is 4.91. The summed E-state index contributed by atoms with van der Waals surface area (Å²) in [6.45, 7) is 10.1. The van der Waals surface area contributed by atoms with Crippen LogP contribution in [0.2, 0.25) is 5.02 Å². The third-order valence-corrected chi connectivity index (χ3v) is 7.37. The van der Waals surface area contributed by atoms with E-state index in [1.54, 1.807) is 30.0 Å². The Morgan fingerprint density at radius 1 is 1.22 bits per heavy atom. The number of nitrogens with one attached hydrogen (secondary N) is 1. The molecule has 1 aliphatic heterocycles. The van der Waals surface area contributed by atoms with Crippen LogP contribution in [0.4, 0.5) is 0 Å². The highest BCUT2D eigenvalue weighted by molar-refractivity contribution is 6.33. The van der Waals surface area contributed by atoms with Gasteiger partial charge in [-0.15, -0.1) is 0 Å². The second kappa shape index (κ2) is 10.8. The molecule has 1 aliphatic carbocycles. The van der Waals surface area contributed by atoms with Crippen LogP contribution >= 0.6 is 11.6 Å². The van der Waals surface area contributed by atoms with Crippen molar-refractivity contribution in [3.05, 3.63) is 58.1 Å². The second-order valence-electron chi connectivity index (χ2n) is 10.9. The van der Waals surface area contributed by atoms with Crippen LogP contribution in [0.1, 0.15) is 76.2 Å². The Balaban J connectivity index is 1.71. The SMILES string of the molecule is CCOC(=O)c1cc(C2(O)CCN(C(=O)CC(C)(C)NC(=O)C3=CCCC=C3)CC2(C)C)ccc1Cl. The molecule has 0 spiro atoms. The number of hydrogen-bond acceptors (Lipinski definition) is 5. The number of benzene rings is 1. The number of nitrogens with zero attached hydrogens (tertiary/aromatic N) is 1. The van der Waals surface area contributed by atoms with Crippen molar-refractivity contribution in [2.24, 2.45) is 5.41 Å². The first kappa shape index (κ1) is 27.9. The number of ether oxygens (including phenoxy) is 1. The number of likely N-dealkylation sites (tertiary alicyclic amines) is 1. The fourth-order valence-corrected chi connectivity index (χ4v) is 5.11. The van der Waals surface area contributed by atoms with Gasteiger partial charge in [-0.05, 0) is 57.7 Å². The van der Waals surface area contributed by atoms with Crippen LogP contribution in [0.15, 0.2) is 42.0 Å². The average Bonchev–Trinajstić information content (AvgIpc) is 2.81. The smallest absolute Gasteiger partial charge is 0.339 e. The van der Waals surface area contributed by atoms with Crippen LogP contribution in [0.25, 0.3) is 0 Å².